The van der Waals surface area contributed by atoms with Crippen molar-refractivity contribution in [3.8, 4) is 0 Å². The topological polar surface area (TPSA) is 83.6 Å². The number of thioether (sulfide) groups is 1. The molecule has 1 unspecified atom stereocenters. The van der Waals surface area contributed by atoms with Crippen molar-refractivity contribution < 1.29 is 14.7 Å². The van der Waals surface area contributed by atoms with Crippen LogP contribution in [-0.4, -0.2) is 32.2 Å². The molecule has 3 N–H and O–H groups in total. The highest BCUT2D eigenvalue weighted by molar-refractivity contribution is 8.26. The number of thiocarbonyl (C=S) groups is 1. The Hall–Kier alpha value is -1.86. The van der Waals surface area contributed by atoms with E-state index in [1.807, 2.05) is 26.0 Å². The van der Waals surface area contributed by atoms with E-state index in [0.717, 1.165) is 35.7 Å². The molecule has 0 spiro atoms. The number of carbonyl (C=O) groups excluding carboxylic acids is 1. The molecule has 1 aliphatic heterocycles. The van der Waals surface area contributed by atoms with Gasteiger partial charge in [-0.05, 0) is 36.6 Å². The van der Waals surface area contributed by atoms with Gasteiger partial charge in [0.2, 0.25) is 0 Å². The third-order valence-electron chi connectivity index (χ3n) is 3.91. The number of rotatable bonds is 6. The van der Waals surface area contributed by atoms with Crippen molar-refractivity contribution in [2.75, 3.05) is 5.73 Å². The van der Waals surface area contributed by atoms with Crippen LogP contribution >= 0.6 is 24.0 Å². The summed E-state index contributed by atoms with van der Waals surface area (Å²) in [4.78, 5) is 26.1. The van der Waals surface area contributed by atoms with Gasteiger partial charge in [-0.15, -0.1) is 0 Å². The first-order valence-corrected chi connectivity index (χ1v) is 8.94. The van der Waals surface area contributed by atoms with E-state index in [4.69, 9.17) is 18.0 Å². The van der Waals surface area contributed by atoms with E-state index in [-0.39, 0.29) is 5.91 Å². The lowest BCUT2D eigenvalue weighted by molar-refractivity contribution is -0.145. The summed E-state index contributed by atoms with van der Waals surface area (Å²) in [6.07, 6.45) is 1.98. The number of carboxylic acid groups (broad SMARTS) is 1. The molecule has 24 heavy (non-hydrogen) atoms. The van der Waals surface area contributed by atoms with Gasteiger partial charge in [0, 0.05) is 5.69 Å². The predicted molar refractivity (Wildman–Crippen MR) is 101 cm³/mol. The number of carboxylic acids is 1. The van der Waals surface area contributed by atoms with Gasteiger partial charge in [-0.2, -0.15) is 0 Å². The van der Waals surface area contributed by atoms with E-state index >= 15 is 0 Å². The maximum atomic E-state index is 12.8. The third-order valence-corrected chi connectivity index (χ3v) is 5.41. The molecule has 2 rings (SSSR count). The minimum atomic E-state index is -1.02. The molecule has 1 fully saturated rings. The monoisotopic (exact) mass is 364 g/mol. The third kappa shape index (κ3) is 3.79. The van der Waals surface area contributed by atoms with Crippen LogP contribution in [0, 0.1) is 0 Å². The van der Waals surface area contributed by atoms with Crippen LogP contribution in [0.1, 0.15) is 38.7 Å². The second-order valence-corrected chi connectivity index (χ2v) is 7.26. The van der Waals surface area contributed by atoms with E-state index < -0.39 is 12.0 Å². The fourth-order valence-corrected chi connectivity index (χ4v) is 3.90. The Bertz CT molecular complexity index is 698. The Balaban J connectivity index is 2.34. The fourth-order valence-electron chi connectivity index (χ4n) is 2.50. The second-order valence-electron chi connectivity index (χ2n) is 5.62. The highest BCUT2D eigenvalue weighted by Crippen LogP contribution is 2.38. The maximum absolute atomic E-state index is 12.8. The van der Waals surface area contributed by atoms with Gasteiger partial charge in [0.25, 0.3) is 5.91 Å². The Morgan fingerprint density at radius 2 is 2.00 bits per heavy atom. The molecule has 5 nitrogen and oxygen atoms in total. The molecule has 1 heterocycles. The Morgan fingerprint density at radius 1 is 1.38 bits per heavy atom. The standard InChI is InChI=1S/C17H20N2O3S2/c1-3-4-5-13(16(21)22)19-15(20)14(24-17(19)23)10(2)11-6-8-12(18)9-7-11/h6-9,13H,3-5,18H2,1-2H3,(H,21,22)/b14-10-. The zero-order chi connectivity index (χ0) is 17.9. The highest BCUT2D eigenvalue weighted by Gasteiger charge is 2.41. The molecular formula is C17H20N2O3S2. The molecule has 1 saturated heterocycles. The van der Waals surface area contributed by atoms with Gasteiger partial charge in [-0.3, -0.25) is 9.69 Å². The summed E-state index contributed by atoms with van der Waals surface area (Å²) < 4.78 is 0.299. The SMILES string of the molecule is CCCCC(C(=O)O)N1C(=O)/C(=C(\C)c2ccc(N)cc2)SC1=S. The molecule has 0 saturated carbocycles. The lowest BCUT2D eigenvalue weighted by Crippen LogP contribution is -2.43. The maximum Gasteiger partial charge on any atom is 0.326 e. The van der Waals surface area contributed by atoms with Crippen LogP contribution in [0.2, 0.25) is 0 Å². The molecule has 128 valence electrons. The first kappa shape index (κ1) is 18.5. The van der Waals surface area contributed by atoms with Gasteiger partial charge in [-0.1, -0.05) is 55.9 Å². The first-order valence-electron chi connectivity index (χ1n) is 7.71. The van der Waals surface area contributed by atoms with Crippen LogP contribution in [-0.2, 0) is 9.59 Å². The minimum Gasteiger partial charge on any atom is -0.480 e. The number of unbranched alkanes of at least 4 members (excludes halogenated alkanes) is 1. The lowest BCUT2D eigenvalue weighted by atomic mass is 10.1. The number of hydrogen-bond acceptors (Lipinski definition) is 5. The number of amides is 1. The first-order chi connectivity index (χ1) is 11.4. The van der Waals surface area contributed by atoms with Crippen molar-refractivity contribution in [2.45, 2.75) is 39.2 Å². The normalized spacial score (nSPS) is 18.0. The average Bonchev–Trinajstić information content (AvgIpc) is 2.83. The van der Waals surface area contributed by atoms with Gasteiger partial charge in [0.1, 0.15) is 10.4 Å². The van der Waals surface area contributed by atoms with Gasteiger partial charge in [0.15, 0.2) is 0 Å². The van der Waals surface area contributed by atoms with Crippen molar-refractivity contribution in [1.29, 1.82) is 0 Å². The van der Waals surface area contributed by atoms with E-state index in [0.29, 0.717) is 21.3 Å². The summed E-state index contributed by atoms with van der Waals surface area (Å²) in [7, 11) is 0. The summed E-state index contributed by atoms with van der Waals surface area (Å²) >= 11 is 6.44. The molecule has 0 aliphatic carbocycles. The quantitative estimate of drug-likeness (QED) is 0.457. The lowest BCUT2D eigenvalue weighted by Gasteiger charge is -2.23. The highest BCUT2D eigenvalue weighted by atomic mass is 32.2. The summed E-state index contributed by atoms with van der Waals surface area (Å²) in [5.74, 6) is -1.35. The van der Waals surface area contributed by atoms with Crippen LogP contribution in [0.3, 0.4) is 0 Å². The average molecular weight is 364 g/mol. The van der Waals surface area contributed by atoms with Crippen LogP contribution in [0.4, 0.5) is 5.69 Å². The van der Waals surface area contributed by atoms with Crippen LogP contribution in [0.25, 0.3) is 5.57 Å². The summed E-state index contributed by atoms with van der Waals surface area (Å²) in [6.45, 7) is 3.81. The van der Waals surface area contributed by atoms with Gasteiger partial charge in [0.05, 0.1) is 4.91 Å². The summed E-state index contributed by atoms with van der Waals surface area (Å²) in [6, 6.07) is 6.29. The molecule has 7 heteroatoms. The Labute approximate surface area is 150 Å². The minimum absolute atomic E-state index is 0.299. The molecule has 1 aromatic rings. The number of anilines is 1. The molecule has 1 aliphatic rings. The van der Waals surface area contributed by atoms with Crippen molar-refractivity contribution in [3.05, 3.63) is 34.7 Å². The van der Waals surface area contributed by atoms with Crippen molar-refractivity contribution >= 4 is 51.4 Å². The van der Waals surface area contributed by atoms with E-state index in [9.17, 15) is 14.7 Å². The molecule has 0 radical (unpaired) electrons. The molecule has 0 bridgehead atoms. The van der Waals surface area contributed by atoms with Gasteiger partial charge in [-0.25, -0.2) is 4.79 Å². The number of carbonyl (C=O) groups is 2. The number of nitrogens with zero attached hydrogens (tertiary/aromatic N) is 1. The van der Waals surface area contributed by atoms with Crippen molar-refractivity contribution in [3.63, 3.8) is 0 Å². The molecule has 0 aromatic heterocycles. The van der Waals surface area contributed by atoms with Crippen molar-refractivity contribution in [1.82, 2.24) is 4.90 Å². The molecule has 1 aromatic carbocycles. The largest absolute Gasteiger partial charge is 0.480 e. The number of hydrogen-bond donors (Lipinski definition) is 2. The van der Waals surface area contributed by atoms with Gasteiger partial charge >= 0.3 is 5.97 Å². The van der Waals surface area contributed by atoms with E-state index in [1.54, 1.807) is 12.1 Å². The number of aliphatic carboxylic acids is 1. The Morgan fingerprint density at radius 3 is 2.54 bits per heavy atom. The predicted octanol–water partition coefficient (Wildman–Crippen LogP) is 3.50. The molecule has 1 amide bonds. The summed E-state index contributed by atoms with van der Waals surface area (Å²) in [5.41, 5.74) is 7.97. The second kappa shape index (κ2) is 7.81. The number of benzene rings is 1. The number of allylic oxidation sites excluding steroid dienone is 1. The fraction of sp³-hybridized carbons (Fsp3) is 0.353. The smallest absolute Gasteiger partial charge is 0.326 e. The number of nitrogens with two attached hydrogens (primary N) is 1. The van der Waals surface area contributed by atoms with E-state index in [2.05, 4.69) is 0 Å². The van der Waals surface area contributed by atoms with Gasteiger partial charge < -0.3 is 10.8 Å². The van der Waals surface area contributed by atoms with Crippen LogP contribution < -0.4 is 5.73 Å². The van der Waals surface area contributed by atoms with E-state index in [1.165, 1.54) is 4.90 Å². The number of nitrogen functional groups attached to an aromatic ring is 1. The molecular weight excluding hydrogens is 344 g/mol. The Kier molecular flexibility index (Phi) is 6.01. The zero-order valence-electron chi connectivity index (χ0n) is 13.6. The van der Waals surface area contributed by atoms with Crippen LogP contribution in [0.5, 0.6) is 0 Å². The van der Waals surface area contributed by atoms with Crippen molar-refractivity contribution in [2.24, 2.45) is 0 Å². The molecule has 1 atom stereocenters. The zero-order valence-corrected chi connectivity index (χ0v) is 15.2. The summed E-state index contributed by atoms with van der Waals surface area (Å²) in [5, 5.41) is 9.48. The van der Waals surface area contributed by atoms with Crippen LogP contribution in [0.15, 0.2) is 29.2 Å².